The van der Waals surface area contributed by atoms with E-state index in [1.807, 2.05) is 18.3 Å². The molecule has 2 unspecified atom stereocenters. The van der Waals surface area contributed by atoms with Gasteiger partial charge in [-0.2, -0.15) is 27.0 Å². The minimum Gasteiger partial charge on any atom is -0.454 e. The van der Waals surface area contributed by atoms with Crippen LogP contribution in [0.15, 0.2) is 42.6 Å². The van der Waals surface area contributed by atoms with Crippen molar-refractivity contribution in [2.75, 3.05) is 19.9 Å². The van der Waals surface area contributed by atoms with Crippen LogP contribution in [-0.4, -0.2) is 34.3 Å². The van der Waals surface area contributed by atoms with Crippen molar-refractivity contribution in [3.05, 3.63) is 53.9 Å². The number of nitrogens with zero attached hydrogens (tertiary/aromatic N) is 3. The molecule has 29 heavy (non-hydrogen) atoms. The second kappa shape index (κ2) is 8.90. The average molecular weight is 432 g/mol. The van der Waals surface area contributed by atoms with Crippen LogP contribution in [0.3, 0.4) is 0 Å². The maximum atomic E-state index is 5.57. The number of hydrogen-bond acceptors (Lipinski definition) is 4. The van der Waals surface area contributed by atoms with Gasteiger partial charge >= 0.3 is 0 Å². The van der Waals surface area contributed by atoms with Crippen molar-refractivity contribution in [2.24, 2.45) is 7.05 Å². The number of rotatable bonds is 3. The summed E-state index contributed by atoms with van der Waals surface area (Å²) in [7, 11) is 2.17. The number of benzene rings is 1. The summed E-state index contributed by atoms with van der Waals surface area (Å²) in [6.45, 7) is 4.82. The van der Waals surface area contributed by atoms with Crippen molar-refractivity contribution in [1.29, 1.82) is 0 Å². The summed E-state index contributed by atoms with van der Waals surface area (Å²) in [5, 5.41) is 0. The number of aryl methyl sites for hydroxylation is 1. The van der Waals surface area contributed by atoms with Crippen LogP contribution in [0.4, 0.5) is 0 Å². The van der Waals surface area contributed by atoms with Crippen LogP contribution >= 0.6 is 27.0 Å². The molecular formula is C22H29N3O2S2. The van der Waals surface area contributed by atoms with Crippen LogP contribution in [0, 0.1) is 0 Å². The van der Waals surface area contributed by atoms with Crippen molar-refractivity contribution in [3.63, 3.8) is 0 Å². The predicted molar refractivity (Wildman–Crippen MR) is 126 cm³/mol. The highest BCUT2D eigenvalue weighted by atomic mass is 32.1. The lowest BCUT2D eigenvalue weighted by Gasteiger charge is -2.37. The number of likely N-dealkylation sites (tertiary alicyclic amines) is 1. The van der Waals surface area contributed by atoms with Gasteiger partial charge in [0.15, 0.2) is 11.5 Å². The van der Waals surface area contributed by atoms with E-state index in [1.165, 1.54) is 29.6 Å². The zero-order valence-electron chi connectivity index (χ0n) is 16.9. The van der Waals surface area contributed by atoms with Gasteiger partial charge in [-0.1, -0.05) is 6.07 Å². The van der Waals surface area contributed by atoms with Crippen LogP contribution < -0.4 is 9.47 Å². The van der Waals surface area contributed by atoms with Gasteiger partial charge in [0, 0.05) is 37.4 Å². The number of pyridine rings is 1. The lowest BCUT2D eigenvalue weighted by Crippen LogP contribution is -2.36. The highest BCUT2D eigenvalue weighted by Crippen LogP contribution is 2.38. The summed E-state index contributed by atoms with van der Waals surface area (Å²) in [6.07, 6.45) is 4.32. The fourth-order valence-corrected chi connectivity index (χ4v) is 4.55. The van der Waals surface area contributed by atoms with E-state index in [4.69, 9.17) is 9.47 Å². The zero-order chi connectivity index (χ0) is 18.4. The molecule has 0 N–H and O–H groups in total. The molecule has 2 aromatic heterocycles. The summed E-state index contributed by atoms with van der Waals surface area (Å²) in [4.78, 5) is 7.13. The molecular weight excluding hydrogens is 402 g/mol. The molecule has 1 saturated heterocycles. The first-order chi connectivity index (χ1) is 13.2. The van der Waals surface area contributed by atoms with E-state index in [0.717, 1.165) is 30.1 Å². The van der Waals surface area contributed by atoms with Gasteiger partial charge in [-0.15, -0.1) is 0 Å². The van der Waals surface area contributed by atoms with Crippen molar-refractivity contribution >= 4 is 38.0 Å². The summed E-state index contributed by atoms with van der Waals surface area (Å²) in [5.41, 5.74) is 4.99. The lowest BCUT2D eigenvalue weighted by molar-refractivity contribution is 0.155. The molecule has 0 aliphatic carbocycles. The van der Waals surface area contributed by atoms with E-state index in [1.54, 1.807) is 0 Å². The summed E-state index contributed by atoms with van der Waals surface area (Å²) in [5.74, 6) is 2.26. The van der Waals surface area contributed by atoms with Gasteiger partial charge in [0.2, 0.25) is 6.79 Å². The summed E-state index contributed by atoms with van der Waals surface area (Å²) >= 11 is 0. The first kappa shape index (κ1) is 21.9. The Hall–Kier alpha value is -1.83. The summed E-state index contributed by atoms with van der Waals surface area (Å²) in [6, 6.07) is 13.1. The quantitative estimate of drug-likeness (QED) is 0.613. The third-order valence-corrected chi connectivity index (χ3v) is 6.15. The van der Waals surface area contributed by atoms with Crippen LogP contribution in [0.25, 0.3) is 11.0 Å². The molecule has 3 aromatic rings. The third kappa shape index (κ3) is 3.96. The first-order valence-corrected chi connectivity index (χ1v) is 9.74. The number of aromatic nitrogens is 2. The Kier molecular flexibility index (Phi) is 6.71. The fraction of sp³-hybridized carbons (Fsp3) is 0.409. The fourth-order valence-electron chi connectivity index (χ4n) is 4.55. The Bertz CT molecular complexity index is 991. The van der Waals surface area contributed by atoms with Crippen LogP contribution in [0.5, 0.6) is 11.5 Å². The van der Waals surface area contributed by atoms with Crippen molar-refractivity contribution < 1.29 is 9.47 Å². The zero-order valence-corrected chi connectivity index (χ0v) is 18.9. The Morgan fingerprint density at radius 2 is 1.93 bits per heavy atom. The van der Waals surface area contributed by atoms with E-state index >= 15 is 0 Å². The molecule has 7 heteroatoms. The van der Waals surface area contributed by atoms with Gasteiger partial charge in [-0.05, 0) is 62.2 Å². The minimum atomic E-state index is 0. The van der Waals surface area contributed by atoms with Gasteiger partial charge in [0.1, 0.15) is 0 Å². The maximum absolute atomic E-state index is 5.57. The third-order valence-electron chi connectivity index (χ3n) is 6.15. The van der Waals surface area contributed by atoms with Gasteiger partial charge in [0.25, 0.3) is 0 Å². The predicted octanol–water partition coefficient (Wildman–Crippen LogP) is 4.47. The van der Waals surface area contributed by atoms with Crippen molar-refractivity contribution in [3.8, 4) is 11.5 Å². The number of hydrogen-bond donors (Lipinski definition) is 0. The van der Waals surface area contributed by atoms with Gasteiger partial charge in [-0.3, -0.25) is 9.88 Å². The van der Waals surface area contributed by atoms with Crippen LogP contribution in [0.1, 0.15) is 43.0 Å². The van der Waals surface area contributed by atoms with Crippen molar-refractivity contribution in [1.82, 2.24) is 14.5 Å². The van der Waals surface area contributed by atoms with E-state index in [0.29, 0.717) is 18.8 Å². The Labute approximate surface area is 185 Å². The summed E-state index contributed by atoms with van der Waals surface area (Å²) < 4.78 is 13.3. The van der Waals surface area contributed by atoms with E-state index in [9.17, 15) is 0 Å². The molecule has 2 atom stereocenters. The molecule has 2 aliphatic heterocycles. The number of fused-ring (bicyclic) bond motifs is 2. The Balaban J connectivity index is 0.00000120. The van der Waals surface area contributed by atoms with E-state index in [-0.39, 0.29) is 27.0 Å². The molecule has 156 valence electrons. The molecule has 4 heterocycles. The monoisotopic (exact) mass is 431 g/mol. The SMILES string of the molecule is CC(c1ccc2c(c1)OCO2)N1CCCC(c2cc3ncccc3n2C)C1.S.S. The molecule has 0 saturated carbocycles. The van der Waals surface area contributed by atoms with Gasteiger partial charge in [-0.25, -0.2) is 0 Å². The van der Waals surface area contributed by atoms with Crippen LogP contribution in [-0.2, 0) is 7.05 Å². The topological polar surface area (TPSA) is 39.5 Å². The molecule has 5 nitrogen and oxygen atoms in total. The molecule has 1 fully saturated rings. The molecule has 0 spiro atoms. The highest BCUT2D eigenvalue weighted by molar-refractivity contribution is 7.59. The van der Waals surface area contributed by atoms with Crippen LogP contribution in [0.2, 0.25) is 0 Å². The average Bonchev–Trinajstić information content (AvgIpc) is 3.32. The van der Waals surface area contributed by atoms with Gasteiger partial charge in [0.05, 0.1) is 11.0 Å². The normalized spacial score (nSPS) is 19.4. The molecule has 0 radical (unpaired) electrons. The number of ether oxygens (including phenoxy) is 2. The Morgan fingerprint density at radius 3 is 2.76 bits per heavy atom. The lowest BCUT2D eigenvalue weighted by atomic mass is 9.92. The maximum Gasteiger partial charge on any atom is 0.231 e. The molecule has 0 amide bonds. The Morgan fingerprint density at radius 1 is 1.10 bits per heavy atom. The first-order valence-electron chi connectivity index (χ1n) is 9.74. The second-order valence-electron chi connectivity index (χ2n) is 7.66. The standard InChI is InChI=1S/C22H25N3O2.2H2S/c1-15(16-7-8-21-22(11-16)27-14-26-21)25-10-4-5-17(13-25)20-12-18-19(24(20)2)6-3-9-23-18;;/h3,6-9,11-12,15,17H,4-5,10,13-14H2,1-2H3;2*1H2. The van der Waals surface area contributed by atoms with E-state index in [2.05, 4.69) is 52.7 Å². The largest absolute Gasteiger partial charge is 0.454 e. The smallest absolute Gasteiger partial charge is 0.231 e. The molecule has 5 rings (SSSR count). The number of piperidine rings is 1. The highest BCUT2D eigenvalue weighted by Gasteiger charge is 2.28. The minimum absolute atomic E-state index is 0. The van der Waals surface area contributed by atoms with Crippen molar-refractivity contribution in [2.45, 2.75) is 31.7 Å². The van der Waals surface area contributed by atoms with Gasteiger partial charge < -0.3 is 14.0 Å². The molecule has 0 bridgehead atoms. The molecule has 2 aliphatic rings. The van der Waals surface area contributed by atoms with E-state index < -0.39 is 0 Å². The molecule has 1 aromatic carbocycles. The second-order valence-corrected chi connectivity index (χ2v) is 7.66.